The molecule has 1 aliphatic rings. The van der Waals surface area contributed by atoms with Crippen molar-refractivity contribution in [2.24, 2.45) is 0 Å². The van der Waals surface area contributed by atoms with Crippen molar-refractivity contribution >= 4 is 28.6 Å². The van der Waals surface area contributed by atoms with E-state index >= 15 is 0 Å². The Morgan fingerprint density at radius 2 is 2.13 bits per heavy atom. The molecule has 0 spiro atoms. The number of hydrogen-bond donors (Lipinski definition) is 4. The maximum atomic E-state index is 12.1. The molecule has 0 saturated carbocycles. The Hall–Kier alpha value is -2.67. The smallest absolute Gasteiger partial charge is 0.345 e. The van der Waals surface area contributed by atoms with Crippen molar-refractivity contribution < 1.29 is 15.0 Å². The molecule has 0 atom stereocenters. The highest BCUT2D eigenvalue weighted by Crippen LogP contribution is 2.41. The zero-order chi connectivity index (χ0) is 16.1. The number of hydrogen-bond acceptors (Lipinski definition) is 4. The highest BCUT2D eigenvalue weighted by atomic mass is 32.2. The predicted octanol–water partition coefficient (Wildman–Crippen LogP) is 2.58. The van der Waals surface area contributed by atoms with Crippen LogP contribution in [0.25, 0.3) is 22.2 Å². The molecule has 0 aliphatic carbocycles. The minimum absolute atomic E-state index is 0.432. The number of benzene rings is 1. The van der Waals surface area contributed by atoms with Crippen molar-refractivity contribution in [3.8, 4) is 17.0 Å². The van der Waals surface area contributed by atoms with Crippen LogP contribution in [0.1, 0.15) is 15.9 Å². The van der Waals surface area contributed by atoms with Gasteiger partial charge in [0, 0.05) is 38.9 Å². The van der Waals surface area contributed by atoms with E-state index in [1.54, 1.807) is 11.8 Å². The minimum atomic E-state index is -1.43. The van der Waals surface area contributed by atoms with Crippen LogP contribution in [0, 0.1) is 0 Å². The molecule has 0 radical (unpaired) electrons. The van der Waals surface area contributed by atoms with Crippen molar-refractivity contribution in [1.29, 1.82) is 0 Å². The van der Waals surface area contributed by atoms with Crippen LogP contribution in [0.15, 0.2) is 34.1 Å². The normalized spacial score (nSPS) is 13.4. The third-order valence-corrected chi connectivity index (χ3v) is 5.09. The van der Waals surface area contributed by atoms with E-state index in [2.05, 4.69) is 9.97 Å². The first-order chi connectivity index (χ1) is 11.1. The first-order valence-corrected chi connectivity index (χ1v) is 8.00. The number of H-pyrrole nitrogens is 2. The van der Waals surface area contributed by atoms with Crippen LogP contribution >= 0.6 is 11.8 Å². The summed E-state index contributed by atoms with van der Waals surface area (Å²) in [7, 11) is 0. The second-order valence-corrected chi connectivity index (χ2v) is 6.48. The van der Waals surface area contributed by atoms with Crippen LogP contribution in [0.3, 0.4) is 0 Å². The molecular weight excluding hydrogens is 316 g/mol. The fraction of sp³-hybridized carbons (Fsp3) is 0.125. The number of aromatic hydroxyl groups is 1. The maximum Gasteiger partial charge on any atom is 0.345 e. The molecule has 4 rings (SSSR count). The number of thioether (sulfide) groups is 1. The molecule has 4 N–H and O–H groups in total. The van der Waals surface area contributed by atoms with Gasteiger partial charge in [-0.2, -0.15) is 0 Å². The van der Waals surface area contributed by atoms with E-state index in [0.29, 0.717) is 23.4 Å². The lowest BCUT2D eigenvalue weighted by Gasteiger charge is -2.12. The molecule has 3 heterocycles. The van der Waals surface area contributed by atoms with Crippen molar-refractivity contribution in [2.45, 2.75) is 11.3 Å². The minimum Gasteiger partial charge on any atom is -0.506 e. The number of nitrogens with one attached hydrogen (secondary N) is 2. The Morgan fingerprint density at radius 1 is 1.30 bits per heavy atom. The van der Waals surface area contributed by atoms with Crippen LogP contribution in [0.2, 0.25) is 0 Å². The lowest BCUT2D eigenvalue weighted by Crippen LogP contribution is -2.20. The first-order valence-electron chi connectivity index (χ1n) is 7.02. The number of rotatable bonds is 1. The van der Waals surface area contributed by atoms with Gasteiger partial charge >= 0.3 is 5.97 Å². The third-order valence-electron chi connectivity index (χ3n) is 4.04. The second kappa shape index (κ2) is 4.92. The van der Waals surface area contributed by atoms with Crippen LogP contribution in [-0.4, -0.2) is 31.9 Å². The maximum absolute atomic E-state index is 12.1. The number of aromatic carboxylic acids is 1. The van der Waals surface area contributed by atoms with Gasteiger partial charge in [-0.15, -0.1) is 11.8 Å². The molecule has 3 aromatic rings. The van der Waals surface area contributed by atoms with Crippen LogP contribution < -0.4 is 5.56 Å². The molecule has 6 nitrogen and oxygen atoms in total. The lowest BCUT2D eigenvalue weighted by atomic mass is 9.99. The number of aromatic amines is 2. The summed E-state index contributed by atoms with van der Waals surface area (Å²) in [5.74, 6) is -1.17. The Bertz CT molecular complexity index is 1020. The van der Waals surface area contributed by atoms with Gasteiger partial charge in [0.05, 0.1) is 5.69 Å². The van der Waals surface area contributed by atoms with E-state index in [-0.39, 0.29) is 0 Å². The average Bonchev–Trinajstić information content (AvgIpc) is 2.87. The van der Waals surface area contributed by atoms with Gasteiger partial charge in [0.15, 0.2) is 5.56 Å². The summed E-state index contributed by atoms with van der Waals surface area (Å²) in [5.41, 5.74) is 1.39. The first kappa shape index (κ1) is 14.0. The summed E-state index contributed by atoms with van der Waals surface area (Å²) in [5, 5.41) is 20.4. The van der Waals surface area contributed by atoms with Gasteiger partial charge in [-0.05, 0) is 24.6 Å². The second-order valence-electron chi connectivity index (χ2n) is 5.35. The van der Waals surface area contributed by atoms with Gasteiger partial charge in [-0.1, -0.05) is 0 Å². The molecular formula is C16H12N2O4S. The Labute approximate surface area is 134 Å². The monoisotopic (exact) mass is 328 g/mol. The standard InChI is InChI=1S/C16H12N2O4S/c19-14-8-2-4-23-11-6-10-7(1-3-17-10)5-9(11)13(8)18-15(20)12(14)16(21)22/h1,3,5-6,17H,2,4H2,(H,21,22)(H2,18,19,20). The summed E-state index contributed by atoms with van der Waals surface area (Å²) in [6, 6.07) is 5.87. The molecule has 2 aromatic heterocycles. The summed E-state index contributed by atoms with van der Waals surface area (Å²) < 4.78 is 0. The molecule has 1 aliphatic heterocycles. The summed E-state index contributed by atoms with van der Waals surface area (Å²) in [6.07, 6.45) is 2.31. The van der Waals surface area contributed by atoms with E-state index in [0.717, 1.165) is 21.4 Å². The zero-order valence-corrected chi connectivity index (χ0v) is 12.7. The Balaban J connectivity index is 2.08. The topological polar surface area (TPSA) is 106 Å². The van der Waals surface area contributed by atoms with E-state index in [4.69, 9.17) is 5.11 Å². The van der Waals surface area contributed by atoms with Gasteiger partial charge in [0.25, 0.3) is 5.56 Å². The highest BCUT2D eigenvalue weighted by molar-refractivity contribution is 7.99. The van der Waals surface area contributed by atoms with Gasteiger partial charge in [0.1, 0.15) is 5.75 Å². The summed E-state index contributed by atoms with van der Waals surface area (Å²) in [4.78, 5) is 30.1. The van der Waals surface area contributed by atoms with Crippen molar-refractivity contribution in [1.82, 2.24) is 9.97 Å². The van der Waals surface area contributed by atoms with Crippen LogP contribution in [0.4, 0.5) is 0 Å². The largest absolute Gasteiger partial charge is 0.506 e. The van der Waals surface area contributed by atoms with Crippen molar-refractivity contribution in [3.63, 3.8) is 0 Å². The van der Waals surface area contributed by atoms with Gasteiger partial charge in [-0.25, -0.2) is 4.79 Å². The van der Waals surface area contributed by atoms with Crippen LogP contribution in [-0.2, 0) is 6.42 Å². The predicted molar refractivity (Wildman–Crippen MR) is 87.4 cm³/mol. The summed E-state index contributed by atoms with van der Waals surface area (Å²) >= 11 is 1.61. The summed E-state index contributed by atoms with van der Waals surface area (Å²) in [6.45, 7) is 0. The molecule has 23 heavy (non-hydrogen) atoms. The number of aromatic nitrogens is 2. The van der Waals surface area contributed by atoms with Gasteiger partial charge in [0.2, 0.25) is 0 Å². The molecule has 0 amide bonds. The van der Waals surface area contributed by atoms with Crippen LogP contribution in [0.5, 0.6) is 5.75 Å². The fourth-order valence-electron chi connectivity index (χ4n) is 2.96. The average molecular weight is 328 g/mol. The number of carbonyl (C=O) groups is 1. The van der Waals surface area contributed by atoms with E-state index in [1.807, 2.05) is 24.4 Å². The molecule has 0 unspecified atom stereocenters. The Morgan fingerprint density at radius 3 is 2.91 bits per heavy atom. The molecule has 0 saturated heterocycles. The van der Waals surface area contributed by atoms with Crippen molar-refractivity contribution in [3.05, 3.63) is 45.9 Å². The van der Waals surface area contributed by atoms with Crippen molar-refractivity contribution in [2.75, 3.05) is 5.75 Å². The lowest BCUT2D eigenvalue weighted by molar-refractivity contribution is 0.0691. The number of pyridine rings is 1. The molecule has 7 heteroatoms. The Kier molecular flexibility index (Phi) is 2.99. The highest BCUT2D eigenvalue weighted by Gasteiger charge is 2.25. The number of fused-ring (bicyclic) bond motifs is 4. The molecule has 0 bridgehead atoms. The van der Waals surface area contributed by atoms with E-state index in [9.17, 15) is 14.7 Å². The van der Waals surface area contributed by atoms with E-state index in [1.165, 1.54) is 0 Å². The fourth-order valence-corrected chi connectivity index (χ4v) is 4.00. The zero-order valence-electron chi connectivity index (χ0n) is 11.8. The quantitative estimate of drug-likeness (QED) is 0.549. The van der Waals surface area contributed by atoms with E-state index < -0.39 is 22.8 Å². The number of carboxylic acid groups (broad SMARTS) is 1. The van der Waals surface area contributed by atoms with Gasteiger partial charge in [-0.3, -0.25) is 4.79 Å². The SMILES string of the molecule is O=C(O)c1c(O)c2c([nH]c1=O)-c1cc3cc[nH]c3cc1SCC2. The third kappa shape index (κ3) is 2.04. The molecule has 116 valence electrons. The molecule has 1 aromatic carbocycles. The molecule has 0 fully saturated rings. The number of carboxylic acids is 1. The van der Waals surface area contributed by atoms with Gasteiger partial charge < -0.3 is 20.2 Å².